The first kappa shape index (κ1) is 12.7. The standard InChI is InChI=1S/C16H26O2/c17-15-6-2-1-5-13(11-15)14-7-10-18-16(12-14)8-3-4-9-16/h13-14H,1-12H2. The maximum absolute atomic E-state index is 11.8. The van der Waals surface area contributed by atoms with Crippen molar-refractivity contribution >= 4 is 5.78 Å². The van der Waals surface area contributed by atoms with Crippen LogP contribution < -0.4 is 0 Å². The van der Waals surface area contributed by atoms with Gasteiger partial charge in [0.1, 0.15) is 5.78 Å². The molecule has 0 radical (unpaired) electrons. The molecule has 2 saturated carbocycles. The van der Waals surface area contributed by atoms with Crippen LogP contribution >= 0.6 is 0 Å². The topological polar surface area (TPSA) is 26.3 Å². The van der Waals surface area contributed by atoms with E-state index in [1.165, 1.54) is 51.4 Å². The van der Waals surface area contributed by atoms with E-state index in [4.69, 9.17) is 4.74 Å². The first-order valence-electron chi connectivity index (χ1n) is 7.93. The van der Waals surface area contributed by atoms with E-state index in [1.807, 2.05) is 0 Å². The Morgan fingerprint density at radius 3 is 2.67 bits per heavy atom. The second-order valence-corrected chi connectivity index (χ2v) is 6.74. The molecule has 0 aromatic heterocycles. The number of hydrogen-bond acceptors (Lipinski definition) is 2. The van der Waals surface area contributed by atoms with Gasteiger partial charge in [0.15, 0.2) is 0 Å². The van der Waals surface area contributed by atoms with Crippen LogP contribution in [0, 0.1) is 11.8 Å². The normalized spacial score (nSPS) is 36.8. The van der Waals surface area contributed by atoms with Gasteiger partial charge in [-0.1, -0.05) is 19.3 Å². The molecule has 3 fully saturated rings. The van der Waals surface area contributed by atoms with E-state index < -0.39 is 0 Å². The Balaban J connectivity index is 1.65. The van der Waals surface area contributed by atoms with Gasteiger partial charge in [0.25, 0.3) is 0 Å². The fourth-order valence-electron chi connectivity index (χ4n) is 4.46. The molecule has 2 unspecified atom stereocenters. The number of carbonyl (C=O) groups is 1. The zero-order valence-corrected chi connectivity index (χ0v) is 11.5. The van der Waals surface area contributed by atoms with Crippen molar-refractivity contribution in [3.8, 4) is 0 Å². The van der Waals surface area contributed by atoms with Crippen molar-refractivity contribution in [1.82, 2.24) is 0 Å². The molecular weight excluding hydrogens is 224 g/mol. The van der Waals surface area contributed by atoms with Crippen LogP contribution in [0.2, 0.25) is 0 Å². The van der Waals surface area contributed by atoms with Crippen molar-refractivity contribution in [2.45, 2.75) is 76.2 Å². The van der Waals surface area contributed by atoms with Gasteiger partial charge in [-0.15, -0.1) is 0 Å². The highest BCUT2D eigenvalue weighted by atomic mass is 16.5. The van der Waals surface area contributed by atoms with Gasteiger partial charge in [0.05, 0.1) is 5.60 Å². The fourth-order valence-corrected chi connectivity index (χ4v) is 4.46. The highest BCUT2D eigenvalue weighted by molar-refractivity contribution is 5.78. The molecule has 2 nitrogen and oxygen atoms in total. The van der Waals surface area contributed by atoms with Crippen molar-refractivity contribution in [3.63, 3.8) is 0 Å². The molecule has 1 aliphatic heterocycles. The van der Waals surface area contributed by atoms with Crippen LogP contribution in [0.25, 0.3) is 0 Å². The second-order valence-electron chi connectivity index (χ2n) is 6.74. The van der Waals surface area contributed by atoms with E-state index in [0.717, 1.165) is 31.8 Å². The summed E-state index contributed by atoms with van der Waals surface area (Å²) in [6.45, 7) is 0.940. The van der Waals surface area contributed by atoms with E-state index in [-0.39, 0.29) is 5.60 Å². The Morgan fingerprint density at radius 2 is 1.83 bits per heavy atom. The molecule has 3 rings (SSSR count). The first-order chi connectivity index (χ1) is 8.77. The van der Waals surface area contributed by atoms with Gasteiger partial charge in [-0.05, 0) is 50.4 Å². The van der Waals surface area contributed by atoms with Gasteiger partial charge < -0.3 is 4.74 Å². The molecule has 0 N–H and O–H groups in total. The molecule has 1 saturated heterocycles. The zero-order chi connectivity index (χ0) is 12.4. The number of rotatable bonds is 1. The number of carbonyl (C=O) groups excluding carboxylic acids is 1. The number of hydrogen-bond donors (Lipinski definition) is 0. The minimum atomic E-state index is 0.221. The molecule has 0 aromatic carbocycles. The van der Waals surface area contributed by atoms with Crippen molar-refractivity contribution in [2.24, 2.45) is 11.8 Å². The molecule has 2 heteroatoms. The molecular formula is C16H26O2. The Bertz CT molecular complexity index is 304. The van der Waals surface area contributed by atoms with Crippen LogP contribution in [-0.4, -0.2) is 18.0 Å². The van der Waals surface area contributed by atoms with Gasteiger partial charge in [-0.25, -0.2) is 0 Å². The predicted octanol–water partition coefficient (Wildman–Crippen LogP) is 3.88. The molecule has 0 bridgehead atoms. The molecule has 18 heavy (non-hydrogen) atoms. The predicted molar refractivity (Wildman–Crippen MR) is 71.5 cm³/mol. The van der Waals surface area contributed by atoms with Crippen molar-refractivity contribution < 1.29 is 9.53 Å². The monoisotopic (exact) mass is 250 g/mol. The van der Waals surface area contributed by atoms with Crippen LogP contribution in [0.4, 0.5) is 0 Å². The molecule has 102 valence electrons. The second kappa shape index (κ2) is 5.32. The Morgan fingerprint density at radius 1 is 1.00 bits per heavy atom. The van der Waals surface area contributed by atoms with Crippen LogP contribution in [0.5, 0.6) is 0 Å². The van der Waals surface area contributed by atoms with Crippen molar-refractivity contribution in [3.05, 3.63) is 0 Å². The summed E-state index contributed by atoms with van der Waals surface area (Å²) in [7, 11) is 0. The zero-order valence-electron chi connectivity index (χ0n) is 11.5. The van der Waals surface area contributed by atoms with E-state index in [1.54, 1.807) is 0 Å². The third kappa shape index (κ3) is 2.64. The highest BCUT2D eigenvalue weighted by Crippen LogP contribution is 2.45. The highest BCUT2D eigenvalue weighted by Gasteiger charge is 2.42. The van der Waals surface area contributed by atoms with Gasteiger partial charge in [0.2, 0.25) is 0 Å². The average molecular weight is 250 g/mol. The summed E-state index contributed by atoms with van der Waals surface area (Å²) < 4.78 is 6.12. The van der Waals surface area contributed by atoms with E-state index in [9.17, 15) is 4.79 Å². The summed E-state index contributed by atoms with van der Waals surface area (Å²) in [6.07, 6.45) is 13.0. The lowest BCUT2D eigenvalue weighted by Crippen LogP contribution is -2.39. The van der Waals surface area contributed by atoms with Gasteiger partial charge in [0, 0.05) is 19.4 Å². The lowest BCUT2D eigenvalue weighted by Gasteiger charge is -2.41. The fraction of sp³-hybridized carbons (Fsp3) is 0.938. The summed E-state index contributed by atoms with van der Waals surface area (Å²) in [5.41, 5.74) is 0.221. The van der Waals surface area contributed by atoms with Crippen LogP contribution in [0.1, 0.15) is 70.6 Å². The molecule has 1 spiro atoms. The Kier molecular flexibility index (Phi) is 3.74. The number of ketones is 1. The van der Waals surface area contributed by atoms with Crippen LogP contribution in [0.3, 0.4) is 0 Å². The van der Waals surface area contributed by atoms with Crippen LogP contribution in [0.15, 0.2) is 0 Å². The lowest BCUT2D eigenvalue weighted by molar-refractivity contribution is -0.123. The van der Waals surface area contributed by atoms with Crippen molar-refractivity contribution in [2.75, 3.05) is 6.61 Å². The van der Waals surface area contributed by atoms with Gasteiger partial charge in [-0.3, -0.25) is 4.79 Å². The maximum atomic E-state index is 11.8. The first-order valence-corrected chi connectivity index (χ1v) is 7.93. The summed E-state index contributed by atoms with van der Waals surface area (Å²) in [5, 5.41) is 0. The average Bonchev–Trinajstić information content (AvgIpc) is 2.69. The summed E-state index contributed by atoms with van der Waals surface area (Å²) in [4.78, 5) is 11.8. The summed E-state index contributed by atoms with van der Waals surface area (Å²) in [6, 6.07) is 0. The molecule has 2 atom stereocenters. The van der Waals surface area contributed by atoms with Crippen LogP contribution in [-0.2, 0) is 9.53 Å². The lowest BCUT2D eigenvalue weighted by atomic mass is 9.75. The largest absolute Gasteiger partial charge is 0.375 e. The van der Waals surface area contributed by atoms with Crippen molar-refractivity contribution in [1.29, 1.82) is 0 Å². The third-order valence-electron chi connectivity index (χ3n) is 5.48. The Hall–Kier alpha value is -0.370. The minimum absolute atomic E-state index is 0.221. The number of ether oxygens (including phenoxy) is 1. The quantitative estimate of drug-likeness (QED) is 0.660. The molecule has 0 amide bonds. The van der Waals surface area contributed by atoms with E-state index in [0.29, 0.717) is 11.7 Å². The molecule has 3 aliphatic rings. The summed E-state index contributed by atoms with van der Waals surface area (Å²) >= 11 is 0. The Labute approximate surface area is 110 Å². The van der Waals surface area contributed by atoms with Gasteiger partial charge >= 0.3 is 0 Å². The molecule has 1 heterocycles. The third-order valence-corrected chi connectivity index (χ3v) is 5.48. The number of Topliss-reactive ketones (excluding diaryl/α,β-unsaturated/α-hetero) is 1. The minimum Gasteiger partial charge on any atom is -0.375 e. The molecule has 0 aromatic rings. The van der Waals surface area contributed by atoms with Gasteiger partial charge in [-0.2, -0.15) is 0 Å². The maximum Gasteiger partial charge on any atom is 0.133 e. The van der Waals surface area contributed by atoms with E-state index >= 15 is 0 Å². The SMILES string of the molecule is O=C1CCCCC(C2CCOC3(CCCC3)C2)C1. The summed E-state index contributed by atoms with van der Waals surface area (Å²) in [5.74, 6) is 1.95. The molecule has 2 aliphatic carbocycles. The van der Waals surface area contributed by atoms with E-state index in [2.05, 4.69) is 0 Å². The smallest absolute Gasteiger partial charge is 0.133 e.